The van der Waals surface area contributed by atoms with E-state index in [1.54, 1.807) is 130 Å². The molecule has 0 radical (unpaired) electrons. The minimum atomic E-state index is -4.55. The Balaban J connectivity index is 0.000000167. The van der Waals surface area contributed by atoms with Crippen LogP contribution in [0.15, 0.2) is 201 Å². The summed E-state index contributed by atoms with van der Waals surface area (Å²) in [5.41, 5.74) is 4.70. The van der Waals surface area contributed by atoms with E-state index in [4.69, 9.17) is 19.6 Å². The summed E-state index contributed by atoms with van der Waals surface area (Å²) in [4.78, 5) is 49.8. The van der Waals surface area contributed by atoms with Crippen LogP contribution in [0.2, 0.25) is 0 Å². The van der Waals surface area contributed by atoms with E-state index >= 15 is 0 Å². The first kappa shape index (κ1) is 63.9. The molecule has 11 aromatic rings. The number of anilines is 1. The number of benzene rings is 8. The molecule has 0 saturated heterocycles. The highest BCUT2D eigenvalue weighted by Gasteiger charge is 2.32. The predicted octanol–water partition coefficient (Wildman–Crippen LogP) is 14.5. The van der Waals surface area contributed by atoms with Crippen molar-refractivity contribution >= 4 is 50.5 Å². The molecule has 23 heteroatoms. The molecule has 3 aromatic heterocycles. The van der Waals surface area contributed by atoms with E-state index < -0.39 is 40.8 Å². The first-order valence-electron chi connectivity index (χ1n) is 25.7. The van der Waals surface area contributed by atoms with Crippen LogP contribution in [0.4, 0.5) is 45.2 Å². The molecular weight excluding hydrogens is 1150 g/mol. The van der Waals surface area contributed by atoms with Crippen LogP contribution in [0.3, 0.4) is 0 Å². The van der Waals surface area contributed by atoms with Crippen LogP contribution in [-0.2, 0) is 18.5 Å². The van der Waals surface area contributed by atoms with Gasteiger partial charge in [-0.3, -0.25) is 18.7 Å². The van der Waals surface area contributed by atoms with E-state index in [0.29, 0.717) is 61.7 Å². The molecule has 4 N–H and O–H groups in total. The number of nitrogens with two attached hydrogens (primary N) is 1. The average molecular weight is 1200 g/mol. The lowest BCUT2D eigenvalue weighted by molar-refractivity contribution is -0.138. The van der Waals surface area contributed by atoms with Crippen LogP contribution in [0.1, 0.15) is 45.4 Å². The Morgan fingerprint density at radius 2 is 0.920 bits per heavy atom. The standard InChI is InChI=1S/C24H17F3N2O2.C16H11F3N2O.C9H7NO2.C8H10O3.C7H6F3N/c1-15-6-4-7-16(22(15)30)12-13-21-28-20-11-3-2-10-19(20)23(31)29(21)18-9-5-8-17(14-18)24(25,26)27;1-10-20-14-8-3-2-7-13(14)15(22)21(10)12-6-4-5-11(9-12)16(17,18)19;1-6-10-8-5-3-2-4-7(8)9(11)12-6;1-10-6-4-3-5-7(11-2)8(6)9;8-7(9,10)5-2-1-3-6(11)4-5/h2-14,30H,1H3;2-9H,1H3;2-5H,1H3;3-5,9H,1-2H3;1-4H,11H2/b13-12+;;;;. The molecule has 3 heterocycles. The van der Waals surface area contributed by atoms with Gasteiger partial charge in [-0.15, -0.1) is 0 Å². The second kappa shape index (κ2) is 27.3. The van der Waals surface area contributed by atoms with Crippen LogP contribution >= 0.6 is 0 Å². The Labute approximate surface area is 488 Å². The fourth-order valence-electron chi connectivity index (χ4n) is 8.35. The van der Waals surface area contributed by atoms with Gasteiger partial charge in [0.1, 0.15) is 17.4 Å². The molecule has 0 spiro atoms. The maximum atomic E-state index is 13.2. The van der Waals surface area contributed by atoms with Crippen molar-refractivity contribution in [3.05, 3.63) is 258 Å². The number of halogens is 9. The van der Waals surface area contributed by atoms with Crippen molar-refractivity contribution < 1.29 is 63.6 Å². The van der Waals surface area contributed by atoms with E-state index in [-0.39, 0.29) is 51.0 Å². The minimum absolute atomic E-state index is 0.0394. The second-order valence-corrected chi connectivity index (χ2v) is 18.6. The van der Waals surface area contributed by atoms with E-state index in [0.717, 1.165) is 41.0 Å². The lowest BCUT2D eigenvalue weighted by Gasteiger charge is -2.14. The Kier molecular flexibility index (Phi) is 20.1. The Morgan fingerprint density at radius 3 is 1.43 bits per heavy atom. The molecule has 14 nitrogen and oxygen atoms in total. The van der Waals surface area contributed by atoms with Gasteiger partial charge < -0.3 is 29.8 Å². The lowest BCUT2D eigenvalue weighted by atomic mass is 10.1. The number of para-hydroxylation sites is 5. The summed E-state index contributed by atoms with van der Waals surface area (Å²) in [5.74, 6) is 1.84. The number of aryl methyl sites for hydroxylation is 3. The van der Waals surface area contributed by atoms with Gasteiger partial charge in [0.05, 0.1) is 75.0 Å². The third-order valence-corrected chi connectivity index (χ3v) is 12.5. The van der Waals surface area contributed by atoms with Gasteiger partial charge in [0.15, 0.2) is 17.4 Å². The monoisotopic (exact) mass is 1200 g/mol. The average Bonchev–Trinajstić information content (AvgIpc) is 0.986. The zero-order valence-electron chi connectivity index (χ0n) is 46.5. The molecule has 0 amide bonds. The molecule has 0 unspecified atom stereocenters. The predicted molar refractivity (Wildman–Crippen MR) is 313 cm³/mol. The first-order valence-corrected chi connectivity index (χ1v) is 25.7. The highest BCUT2D eigenvalue weighted by atomic mass is 19.4. The quantitative estimate of drug-likeness (QED) is 0.105. The van der Waals surface area contributed by atoms with Crippen LogP contribution in [0.5, 0.6) is 23.0 Å². The van der Waals surface area contributed by atoms with E-state index in [2.05, 4.69) is 15.0 Å². The number of aromatic hydroxyl groups is 2. The minimum Gasteiger partial charge on any atom is -0.507 e. The molecule has 8 aromatic carbocycles. The number of nitrogens with zero attached hydrogens (tertiary/aromatic N) is 5. The maximum Gasteiger partial charge on any atom is 0.416 e. The molecule has 11 rings (SSSR count). The lowest BCUT2D eigenvalue weighted by Crippen LogP contribution is -2.22. The van der Waals surface area contributed by atoms with Crippen molar-refractivity contribution in [1.29, 1.82) is 0 Å². The molecule has 448 valence electrons. The van der Waals surface area contributed by atoms with Crippen molar-refractivity contribution in [2.75, 3.05) is 20.0 Å². The first-order chi connectivity index (χ1) is 41.2. The third-order valence-electron chi connectivity index (χ3n) is 12.5. The fraction of sp³-hybridized carbons (Fsp3) is 0.125. The number of phenolic OH excluding ortho intramolecular Hbond substituents is 2. The van der Waals surface area contributed by atoms with Gasteiger partial charge >= 0.3 is 24.2 Å². The Morgan fingerprint density at radius 1 is 0.483 bits per heavy atom. The summed E-state index contributed by atoms with van der Waals surface area (Å²) in [5, 5.41) is 20.8. The van der Waals surface area contributed by atoms with Crippen molar-refractivity contribution in [3.63, 3.8) is 0 Å². The van der Waals surface area contributed by atoms with Crippen molar-refractivity contribution in [2.45, 2.75) is 39.3 Å². The molecule has 87 heavy (non-hydrogen) atoms. The highest BCUT2D eigenvalue weighted by Crippen LogP contribution is 2.36. The summed E-state index contributed by atoms with van der Waals surface area (Å²) >= 11 is 0. The van der Waals surface area contributed by atoms with Crippen LogP contribution in [-0.4, -0.2) is 48.5 Å². The summed E-state index contributed by atoms with van der Waals surface area (Å²) in [7, 11) is 2.99. The summed E-state index contributed by atoms with van der Waals surface area (Å²) in [6.07, 6.45) is -10.2. The molecule has 0 aliphatic rings. The smallest absolute Gasteiger partial charge is 0.416 e. The summed E-state index contributed by atoms with van der Waals surface area (Å²) < 4.78 is 131. The molecule has 0 atom stereocenters. The van der Waals surface area contributed by atoms with Gasteiger partial charge in [0.25, 0.3) is 11.1 Å². The zero-order chi connectivity index (χ0) is 63.4. The zero-order valence-corrected chi connectivity index (χ0v) is 46.5. The number of ether oxygens (including phenoxy) is 2. The van der Waals surface area contributed by atoms with Crippen LogP contribution in [0.25, 0.3) is 56.2 Å². The van der Waals surface area contributed by atoms with E-state index in [1.165, 1.54) is 61.3 Å². The van der Waals surface area contributed by atoms with Gasteiger partial charge in [-0.1, -0.05) is 78.9 Å². The molecule has 0 fully saturated rings. The van der Waals surface area contributed by atoms with E-state index in [1.807, 2.05) is 6.07 Å². The topological polar surface area (TPSA) is 198 Å². The number of methoxy groups -OCH3 is 2. The SMILES string of the molecule is COc1cccc(OC)c1O.Cc1cccc(/C=C/c2nc3ccccc3c(=O)n2-c2cccc(C(F)(F)F)c2)c1O.Cc1nc2ccccc2c(=O)n1-c1cccc(C(F)(F)F)c1.Cc1nc2ccccc2c(=O)o1.Nc1cccc(C(F)(F)F)c1. The second-order valence-electron chi connectivity index (χ2n) is 18.6. The Hall–Kier alpha value is -10.7. The number of aromatic nitrogens is 5. The van der Waals surface area contributed by atoms with E-state index in [9.17, 15) is 64.1 Å². The number of phenols is 2. The maximum absolute atomic E-state index is 13.2. The number of nitrogen functional groups attached to an aromatic ring is 1. The molecular formula is C64H51F9N6O8. The van der Waals surface area contributed by atoms with Gasteiger partial charge in [0.2, 0.25) is 5.75 Å². The largest absolute Gasteiger partial charge is 0.507 e. The van der Waals surface area contributed by atoms with Gasteiger partial charge in [0, 0.05) is 18.2 Å². The van der Waals surface area contributed by atoms with Gasteiger partial charge in [-0.2, -0.15) is 39.5 Å². The van der Waals surface area contributed by atoms with Crippen molar-refractivity contribution in [3.8, 4) is 34.4 Å². The fourth-order valence-corrected chi connectivity index (χ4v) is 8.35. The summed E-state index contributed by atoms with van der Waals surface area (Å²) in [6, 6.07) is 44.5. The number of hydrogen-bond acceptors (Lipinski definition) is 12. The number of alkyl halides is 9. The van der Waals surface area contributed by atoms with Crippen molar-refractivity contribution in [2.24, 2.45) is 0 Å². The third kappa shape index (κ3) is 15.9. The van der Waals surface area contributed by atoms with Gasteiger partial charge in [-0.05, 0) is 135 Å². The van der Waals surface area contributed by atoms with Crippen molar-refractivity contribution in [1.82, 2.24) is 24.1 Å². The van der Waals surface area contributed by atoms with Crippen LogP contribution < -0.4 is 32.0 Å². The molecule has 0 aliphatic heterocycles. The number of fused-ring (bicyclic) bond motifs is 3. The van der Waals surface area contributed by atoms with Gasteiger partial charge in [-0.25, -0.2) is 19.7 Å². The molecule has 0 aliphatic carbocycles. The van der Waals surface area contributed by atoms with Crippen LogP contribution in [0, 0.1) is 20.8 Å². The Bertz CT molecular complexity index is 4440. The molecule has 0 saturated carbocycles. The normalized spacial score (nSPS) is 11.3. The molecule has 0 bridgehead atoms. The number of hydrogen-bond donors (Lipinski definition) is 3. The highest BCUT2D eigenvalue weighted by molar-refractivity contribution is 5.81. The number of rotatable bonds is 6. The summed E-state index contributed by atoms with van der Waals surface area (Å²) in [6.45, 7) is 5.00.